The first-order valence-corrected chi connectivity index (χ1v) is 11.6. The van der Waals surface area contributed by atoms with Crippen LogP contribution in [0.15, 0.2) is 35.5 Å². The van der Waals surface area contributed by atoms with Crippen LogP contribution in [0.2, 0.25) is 0 Å². The molecule has 0 aliphatic carbocycles. The Labute approximate surface area is 174 Å². The first-order valence-electron chi connectivity index (χ1n) is 9.68. The average Bonchev–Trinajstić information content (AvgIpc) is 2.99. The van der Waals surface area contributed by atoms with E-state index in [4.69, 9.17) is 4.99 Å². The summed E-state index contributed by atoms with van der Waals surface area (Å²) < 4.78 is 27.6. The van der Waals surface area contributed by atoms with Gasteiger partial charge in [0.1, 0.15) is 0 Å². The van der Waals surface area contributed by atoms with Gasteiger partial charge in [-0.15, -0.1) is 0 Å². The summed E-state index contributed by atoms with van der Waals surface area (Å²) in [6, 6.07) is 7.29. The van der Waals surface area contributed by atoms with Gasteiger partial charge in [0.15, 0.2) is 5.96 Å². The molecular weight excluding hydrogens is 388 g/mol. The summed E-state index contributed by atoms with van der Waals surface area (Å²) in [4.78, 5) is 6.78. The highest BCUT2D eigenvalue weighted by molar-refractivity contribution is 7.92. The highest BCUT2D eigenvalue weighted by Gasteiger charge is 2.15. The van der Waals surface area contributed by atoms with E-state index >= 15 is 0 Å². The van der Waals surface area contributed by atoms with Gasteiger partial charge in [-0.25, -0.2) is 13.4 Å². The van der Waals surface area contributed by atoms with Crippen molar-refractivity contribution in [2.24, 2.45) is 12.0 Å². The predicted octanol–water partition coefficient (Wildman–Crippen LogP) is 2.51. The van der Waals surface area contributed by atoms with Gasteiger partial charge in [-0.3, -0.25) is 9.40 Å². The second-order valence-electron chi connectivity index (χ2n) is 7.43. The number of anilines is 1. The Bertz CT molecular complexity index is 950. The fourth-order valence-electron chi connectivity index (χ4n) is 3.08. The van der Waals surface area contributed by atoms with Gasteiger partial charge in [-0.1, -0.05) is 32.0 Å². The molecule has 1 heterocycles. The van der Waals surface area contributed by atoms with Crippen LogP contribution in [0, 0.1) is 0 Å². The van der Waals surface area contributed by atoms with Crippen molar-refractivity contribution in [2.75, 3.05) is 24.6 Å². The summed E-state index contributed by atoms with van der Waals surface area (Å²) >= 11 is 0. The third kappa shape index (κ3) is 6.77. The Morgan fingerprint density at radius 2 is 1.97 bits per heavy atom. The smallest absolute Gasteiger partial charge is 0.229 e. The minimum Gasteiger partial charge on any atom is -0.357 e. The number of nitrogens with one attached hydrogen (secondary N) is 2. The largest absolute Gasteiger partial charge is 0.357 e. The zero-order chi connectivity index (χ0) is 21.6. The third-order valence-electron chi connectivity index (χ3n) is 4.30. The number of nitrogens with zero attached hydrogens (tertiary/aromatic N) is 4. The molecule has 29 heavy (non-hydrogen) atoms. The Balaban J connectivity index is 2.22. The van der Waals surface area contributed by atoms with Crippen molar-refractivity contribution < 1.29 is 8.42 Å². The molecule has 0 aliphatic rings. The maximum atomic E-state index is 11.6. The van der Waals surface area contributed by atoms with Crippen molar-refractivity contribution in [2.45, 2.75) is 39.8 Å². The molecular formula is C20H32N6O2S. The van der Waals surface area contributed by atoms with Crippen molar-refractivity contribution in [1.29, 1.82) is 0 Å². The molecule has 2 rings (SSSR count). The summed E-state index contributed by atoms with van der Waals surface area (Å²) in [6.07, 6.45) is 3.19. The van der Waals surface area contributed by atoms with Crippen molar-refractivity contribution in [3.05, 3.63) is 47.3 Å². The van der Waals surface area contributed by atoms with Crippen molar-refractivity contribution in [1.82, 2.24) is 20.0 Å². The molecule has 1 aromatic carbocycles. The van der Waals surface area contributed by atoms with Crippen LogP contribution in [0.25, 0.3) is 0 Å². The molecule has 2 N–H and O–H groups in total. The lowest BCUT2D eigenvalue weighted by molar-refractivity contribution is 0.473. The highest BCUT2D eigenvalue weighted by atomic mass is 32.2. The normalized spacial score (nSPS) is 12.3. The lowest BCUT2D eigenvalue weighted by Crippen LogP contribution is -2.38. The van der Waals surface area contributed by atoms with Crippen molar-refractivity contribution >= 4 is 21.7 Å². The monoisotopic (exact) mass is 420 g/mol. The quantitative estimate of drug-likeness (QED) is 0.506. The second-order valence-corrected chi connectivity index (χ2v) is 9.17. The maximum Gasteiger partial charge on any atom is 0.229 e. The van der Waals surface area contributed by atoms with Gasteiger partial charge in [0.25, 0.3) is 0 Å². The number of aliphatic imine (C=N–C) groups is 1. The van der Waals surface area contributed by atoms with Crippen LogP contribution >= 0.6 is 0 Å². The van der Waals surface area contributed by atoms with Gasteiger partial charge in [0.2, 0.25) is 10.0 Å². The van der Waals surface area contributed by atoms with Crippen molar-refractivity contribution in [3.8, 4) is 0 Å². The second kappa shape index (κ2) is 9.78. The van der Waals surface area contributed by atoms with E-state index in [2.05, 4.69) is 33.9 Å². The molecule has 1 aromatic heterocycles. The molecule has 160 valence electrons. The van der Waals surface area contributed by atoms with E-state index in [1.807, 2.05) is 44.0 Å². The number of rotatable bonds is 8. The van der Waals surface area contributed by atoms with Gasteiger partial charge in [-0.2, -0.15) is 5.10 Å². The maximum absolute atomic E-state index is 11.6. The first kappa shape index (κ1) is 22.7. The molecule has 0 fully saturated rings. The van der Waals surface area contributed by atoms with Gasteiger partial charge >= 0.3 is 0 Å². The Hall–Kier alpha value is -2.55. The molecule has 0 aliphatic heterocycles. The number of aryl methyl sites for hydroxylation is 1. The zero-order valence-electron chi connectivity index (χ0n) is 18.1. The van der Waals surface area contributed by atoms with E-state index in [0.717, 1.165) is 35.6 Å². The standard InChI is InChI=1S/C20H32N6O2S/c1-7-21-20(25(4)13-17-14-26(5)23-19(17)15(2)3)22-12-16-10-8-9-11-18(16)24-29(6,27)28/h8-11,14-15,24H,7,12-13H2,1-6H3,(H,21,22). The number of benzene rings is 1. The van der Waals surface area contributed by atoms with Crippen LogP contribution in [0.3, 0.4) is 0 Å². The molecule has 0 atom stereocenters. The van der Waals surface area contributed by atoms with Gasteiger partial charge < -0.3 is 10.2 Å². The number of hydrogen-bond donors (Lipinski definition) is 2. The van der Waals surface area contributed by atoms with E-state index in [9.17, 15) is 8.42 Å². The molecule has 2 aromatic rings. The average molecular weight is 421 g/mol. The molecule has 0 amide bonds. The predicted molar refractivity (Wildman–Crippen MR) is 118 cm³/mol. The molecule has 0 bridgehead atoms. The molecule has 9 heteroatoms. The van der Waals surface area contributed by atoms with E-state index in [1.165, 1.54) is 0 Å². The van der Waals surface area contributed by atoms with Crippen LogP contribution in [0.5, 0.6) is 0 Å². The minimum absolute atomic E-state index is 0.341. The van der Waals surface area contributed by atoms with E-state index in [1.54, 1.807) is 12.1 Å². The highest BCUT2D eigenvalue weighted by Crippen LogP contribution is 2.20. The van der Waals surface area contributed by atoms with Crippen LogP contribution in [0.4, 0.5) is 5.69 Å². The Kier molecular flexibility index (Phi) is 7.66. The number of aromatic nitrogens is 2. The summed E-state index contributed by atoms with van der Waals surface area (Å²) in [5, 5.41) is 7.88. The van der Waals surface area contributed by atoms with E-state index in [0.29, 0.717) is 24.7 Å². The van der Waals surface area contributed by atoms with Gasteiger partial charge in [-0.05, 0) is 24.5 Å². The molecule has 8 nitrogen and oxygen atoms in total. The Morgan fingerprint density at radius 3 is 2.59 bits per heavy atom. The fourth-order valence-corrected chi connectivity index (χ4v) is 3.68. The summed E-state index contributed by atoms with van der Waals surface area (Å²) in [5.41, 5.74) is 3.60. The number of guanidine groups is 1. The summed E-state index contributed by atoms with van der Waals surface area (Å²) in [6.45, 7) is 8.06. The summed E-state index contributed by atoms with van der Waals surface area (Å²) in [7, 11) is 0.566. The summed E-state index contributed by atoms with van der Waals surface area (Å²) in [5.74, 6) is 1.09. The molecule has 0 spiro atoms. The Morgan fingerprint density at radius 1 is 1.28 bits per heavy atom. The van der Waals surface area contributed by atoms with Crippen LogP contribution in [-0.4, -0.2) is 48.9 Å². The van der Waals surface area contributed by atoms with Crippen LogP contribution in [0.1, 0.15) is 43.5 Å². The lowest BCUT2D eigenvalue weighted by atomic mass is 10.1. The lowest BCUT2D eigenvalue weighted by Gasteiger charge is -2.22. The van der Waals surface area contributed by atoms with Gasteiger partial charge in [0.05, 0.1) is 24.2 Å². The fraction of sp³-hybridized carbons (Fsp3) is 0.500. The van der Waals surface area contributed by atoms with Crippen molar-refractivity contribution in [3.63, 3.8) is 0 Å². The number of hydrogen-bond acceptors (Lipinski definition) is 4. The SMILES string of the molecule is CCNC(=NCc1ccccc1NS(C)(=O)=O)N(C)Cc1cn(C)nc1C(C)C. The topological polar surface area (TPSA) is 91.6 Å². The van der Waals surface area contributed by atoms with E-state index < -0.39 is 10.0 Å². The molecule has 0 saturated heterocycles. The molecule has 0 saturated carbocycles. The minimum atomic E-state index is -3.35. The van der Waals surface area contributed by atoms with Crippen LogP contribution in [-0.2, 0) is 30.2 Å². The van der Waals surface area contributed by atoms with Gasteiger partial charge in [0, 0.05) is 38.9 Å². The molecule has 0 radical (unpaired) electrons. The first-order chi connectivity index (χ1) is 13.6. The molecule has 0 unspecified atom stereocenters. The van der Waals surface area contributed by atoms with Crippen LogP contribution < -0.4 is 10.0 Å². The number of para-hydroxylation sites is 1. The number of sulfonamides is 1. The van der Waals surface area contributed by atoms with E-state index in [-0.39, 0.29) is 0 Å². The third-order valence-corrected chi connectivity index (χ3v) is 4.89. The zero-order valence-corrected chi connectivity index (χ0v) is 18.9.